The van der Waals surface area contributed by atoms with Crippen LogP contribution in [0, 0.1) is 0 Å². The predicted molar refractivity (Wildman–Crippen MR) is 292 cm³/mol. The van der Waals surface area contributed by atoms with E-state index in [1.54, 1.807) is 0 Å². The summed E-state index contributed by atoms with van der Waals surface area (Å²) in [5, 5.41) is 23.3. The lowest BCUT2D eigenvalue weighted by Crippen LogP contribution is -2.45. The van der Waals surface area contributed by atoms with Crippen LogP contribution in [-0.4, -0.2) is 47.4 Å². The summed E-state index contributed by atoms with van der Waals surface area (Å²) in [6, 6.07) is -0.544. The lowest BCUT2D eigenvalue weighted by molar-refractivity contribution is -0.143. The van der Waals surface area contributed by atoms with Gasteiger partial charge in [-0.2, -0.15) is 0 Å². The predicted octanol–water partition coefficient (Wildman–Crippen LogP) is 18.6. The summed E-state index contributed by atoms with van der Waals surface area (Å²) >= 11 is 0. The van der Waals surface area contributed by atoms with Gasteiger partial charge in [0.2, 0.25) is 5.91 Å². The van der Waals surface area contributed by atoms with E-state index < -0.39 is 12.1 Å². The van der Waals surface area contributed by atoms with E-state index in [-0.39, 0.29) is 18.5 Å². The number of aliphatic hydroxyl groups excluding tert-OH is 2. The lowest BCUT2D eigenvalue weighted by Gasteiger charge is -2.22. The van der Waals surface area contributed by atoms with Crippen LogP contribution in [0.1, 0.15) is 328 Å². The zero-order chi connectivity index (χ0) is 48.6. The second kappa shape index (κ2) is 56.9. The number of unbranched alkanes of at least 4 members (excludes halogenated alkanes) is 41. The fourth-order valence-electron chi connectivity index (χ4n) is 9.32. The van der Waals surface area contributed by atoms with Gasteiger partial charge in [-0.05, 0) is 70.6 Å². The Labute approximate surface area is 418 Å². The average molecular weight is 945 g/mol. The molecule has 6 heteroatoms. The van der Waals surface area contributed by atoms with Crippen LogP contribution in [0.15, 0.2) is 24.3 Å². The van der Waals surface area contributed by atoms with E-state index in [1.807, 2.05) is 0 Å². The highest BCUT2D eigenvalue weighted by Crippen LogP contribution is 2.17. The second-order valence-corrected chi connectivity index (χ2v) is 20.7. The number of carbonyl (C=O) groups is 2. The molecule has 0 rings (SSSR count). The van der Waals surface area contributed by atoms with Crippen molar-refractivity contribution in [3.05, 3.63) is 24.3 Å². The van der Waals surface area contributed by atoms with Gasteiger partial charge >= 0.3 is 5.97 Å². The van der Waals surface area contributed by atoms with Crippen molar-refractivity contribution in [2.24, 2.45) is 0 Å². The summed E-state index contributed by atoms with van der Waals surface area (Å²) in [6.07, 6.45) is 69.0. The smallest absolute Gasteiger partial charge is 0.305 e. The molecule has 396 valence electrons. The molecule has 3 N–H and O–H groups in total. The van der Waals surface area contributed by atoms with Crippen LogP contribution in [0.25, 0.3) is 0 Å². The fraction of sp³-hybridized carbons (Fsp3) is 0.902. The third kappa shape index (κ3) is 53.5. The Balaban J connectivity index is 3.41. The van der Waals surface area contributed by atoms with Gasteiger partial charge in [-0.1, -0.05) is 269 Å². The molecule has 0 aliphatic carbocycles. The van der Waals surface area contributed by atoms with E-state index in [0.717, 1.165) is 44.9 Å². The van der Waals surface area contributed by atoms with Gasteiger partial charge in [-0.25, -0.2) is 0 Å². The van der Waals surface area contributed by atoms with Crippen LogP contribution in [-0.2, 0) is 14.3 Å². The maximum Gasteiger partial charge on any atom is 0.305 e. The third-order valence-electron chi connectivity index (χ3n) is 14.0. The zero-order valence-electron chi connectivity index (χ0n) is 45.1. The monoisotopic (exact) mass is 944 g/mol. The van der Waals surface area contributed by atoms with Crippen LogP contribution in [0.2, 0.25) is 0 Å². The molecule has 0 aromatic carbocycles. The Morgan fingerprint density at radius 3 is 1.10 bits per heavy atom. The first-order chi connectivity index (χ1) is 33.0. The number of ether oxygens (including phenoxy) is 1. The summed E-state index contributed by atoms with van der Waals surface area (Å²) < 4.78 is 5.46. The molecule has 0 bridgehead atoms. The van der Waals surface area contributed by atoms with Crippen LogP contribution in [0.5, 0.6) is 0 Å². The topological polar surface area (TPSA) is 95.9 Å². The van der Waals surface area contributed by atoms with Crippen LogP contribution < -0.4 is 5.32 Å². The van der Waals surface area contributed by atoms with Gasteiger partial charge in [0, 0.05) is 12.8 Å². The molecule has 0 aliphatic rings. The average Bonchev–Trinajstić information content (AvgIpc) is 3.33. The molecular formula is C61H117NO5. The number of carbonyl (C=O) groups excluding carboxylic acids is 2. The van der Waals surface area contributed by atoms with Crippen molar-refractivity contribution in [1.82, 2.24) is 5.32 Å². The highest BCUT2D eigenvalue weighted by molar-refractivity contribution is 5.76. The summed E-state index contributed by atoms with van der Waals surface area (Å²) in [7, 11) is 0. The molecule has 2 atom stereocenters. The molecule has 0 saturated heterocycles. The molecule has 0 spiro atoms. The molecule has 0 radical (unpaired) electrons. The Morgan fingerprint density at radius 1 is 0.403 bits per heavy atom. The van der Waals surface area contributed by atoms with E-state index in [4.69, 9.17) is 4.74 Å². The van der Waals surface area contributed by atoms with Crippen molar-refractivity contribution in [3.8, 4) is 0 Å². The molecule has 0 fully saturated rings. The molecule has 0 heterocycles. The number of hydrogen-bond donors (Lipinski definition) is 3. The number of amides is 1. The molecule has 0 aliphatic heterocycles. The number of rotatable bonds is 56. The van der Waals surface area contributed by atoms with E-state index in [1.165, 1.54) is 250 Å². The summed E-state index contributed by atoms with van der Waals surface area (Å²) in [5.74, 6) is -0.0364. The van der Waals surface area contributed by atoms with Gasteiger partial charge in [0.1, 0.15) is 0 Å². The molecule has 1 amide bonds. The summed E-state index contributed by atoms with van der Waals surface area (Å²) in [4.78, 5) is 24.5. The van der Waals surface area contributed by atoms with Crippen molar-refractivity contribution >= 4 is 11.9 Å². The van der Waals surface area contributed by atoms with Crippen molar-refractivity contribution < 1.29 is 24.5 Å². The molecule has 0 saturated carbocycles. The Bertz CT molecular complexity index is 1040. The minimum atomic E-state index is -0.666. The lowest BCUT2D eigenvalue weighted by atomic mass is 10.0. The number of hydrogen-bond acceptors (Lipinski definition) is 5. The molecular weight excluding hydrogens is 827 g/mol. The van der Waals surface area contributed by atoms with E-state index in [0.29, 0.717) is 25.9 Å². The highest BCUT2D eigenvalue weighted by atomic mass is 16.5. The first-order valence-corrected chi connectivity index (χ1v) is 30.1. The Morgan fingerprint density at radius 2 is 0.716 bits per heavy atom. The highest BCUT2D eigenvalue weighted by Gasteiger charge is 2.20. The first-order valence-electron chi connectivity index (χ1n) is 30.1. The maximum absolute atomic E-state index is 12.5. The molecule has 0 aromatic rings. The van der Waals surface area contributed by atoms with Gasteiger partial charge in [0.25, 0.3) is 0 Å². The largest absolute Gasteiger partial charge is 0.466 e. The summed E-state index contributed by atoms with van der Waals surface area (Å²) in [5.41, 5.74) is 0. The maximum atomic E-state index is 12.5. The number of nitrogens with one attached hydrogen (secondary N) is 1. The standard InChI is InChI=1S/C61H117NO5/c1-3-5-7-9-11-13-15-16-27-30-34-37-41-45-49-53-59(64)58(57-63)62-60(65)54-50-46-42-38-35-31-28-25-23-21-19-17-18-20-22-24-26-29-32-36-40-44-48-52-56-67-61(66)55-51-47-43-39-33-14-12-10-8-6-4-2/h10,12,19,21,58-59,63-64H,3-9,11,13-18,20,22-57H2,1-2H3,(H,62,65)/b12-10-,21-19-. The molecule has 6 nitrogen and oxygen atoms in total. The second-order valence-electron chi connectivity index (χ2n) is 20.7. The minimum absolute atomic E-state index is 0.00155. The number of esters is 1. The summed E-state index contributed by atoms with van der Waals surface area (Å²) in [6.45, 7) is 4.92. The Kier molecular flexibility index (Phi) is 55.5. The van der Waals surface area contributed by atoms with Crippen molar-refractivity contribution in [3.63, 3.8) is 0 Å². The van der Waals surface area contributed by atoms with Gasteiger partial charge in [0.05, 0.1) is 25.4 Å². The fourth-order valence-corrected chi connectivity index (χ4v) is 9.32. The SMILES string of the molecule is CCCC/C=C\CCCCCCCC(=O)OCCCCCCCCCCCCCC/C=C\CCCCCCCCCCC(=O)NC(CO)C(O)CCCCCCCCCCCCCCCCC. The van der Waals surface area contributed by atoms with E-state index >= 15 is 0 Å². The third-order valence-corrected chi connectivity index (χ3v) is 14.0. The van der Waals surface area contributed by atoms with Gasteiger partial charge in [0.15, 0.2) is 0 Å². The normalized spacial score (nSPS) is 12.7. The quantitative estimate of drug-likeness (QED) is 0.0321. The van der Waals surface area contributed by atoms with Crippen LogP contribution in [0.4, 0.5) is 0 Å². The molecule has 0 aromatic heterocycles. The zero-order valence-corrected chi connectivity index (χ0v) is 45.1. The number of allylic oxidation sites excluding steroid dienone is 4. The molecule has 67 heavy (non-hydrogen) atoms. The Hall–Kier alpha value is -1.66. The van der Waals surface area contributed by atoms with Crippen molar-refractivity contribution in [1.29, 1.82) is 0 Å². The van der Waals surface area contributed by atoms with Crippen molar-refractivity contribution in [2.45, 2.75) is 341 Å². The molecule has 2 unspecified atom stereocenters. The van der Waals surface area contributed by atoms with Crippen LogP contribution in [0.3, 0.4) is 0 Å². The minimum Gasteiger partial charge on any atom is -0.466 e. The number of aliphatic hydroxyl groups is 2. The van der Waals surface area contributed by atoms with E-state index in [9.17, 15) is 19.8 Å². The van der Waals surface area contributed by atoms with Gasteiger partial charge < -0.3 is 20.3 Å². The van der Waals surface area contributed by atoms with Gasteiger partial charge in [-0.15, -0.1) is 0 Å². The van der Waals surface area contributed by atoms with Crippen molar-refractivity contribution in [2.75, 3.05) is 13.2 Å². The van der Waals surface area contributed by atoms with E-state index in [2.05, 4.69) is 43.5 Å². The van der Waals surface area contributed by atoms with Gasteiger partial charge in [-0.3, -0.25) is 9.59 Å². The first kappa shape index (κ1) is 65.3. The van der Waals surface area contributed by atoms with Crippen LogP contribution >= 0.6 is 0 Å².